The minimum Gasteiger partial charge on any atom is -0.465 e. The van der Waals surface area contributed by atoms with E-state index in [1.54, 1.807) is 0 Å². The van der Waals surface area contributed by atoms with Crippen LogP contribution in [-0.4, -0.2) is 19.3 Å². The first-order chi connectivity index (χ1) is 5.92. The van der Waals surface area contributed by atoms with Crippen molar-refractivity contribution >= 4 is 14.2 Å². The Morgan fingerprint density at radius 2 is 2.08 bits per heavy atom. The number of unbranched alkanes of at least 4 members (excludes halogenated alkanes) is 1. The second kappa shape index (κ2) is 5.80. The van der Waals surface area contributed by atoms with Crippen LogP contribution in [0.2, 0.25) is 25.7 Å². The Morgan fingerprint density at radius 3 is 2.54 bits per heavy atom. The number of carbonyl (C=O) groups is 1. The van der Waals surface area contributed by atoms with E-state index in [2.05, 4.69) is 25.0 Å². The van der Waals surface area contributed by atoms with Gasteiger partial charge in [-0.2, -0.15) is 0 Å². The molecule has 4 heteroatoms. The van der Waals surface area contributed by atoms with Crippen LogP contribution in [0.3, 0.4) is 0 Å². The van der Waals surface area contributed by atoms with Crippen LogP contribution >= 0.6 is 0 Å². The van der Waals surface area contributed by atoms with Crippen LogP contribution in [0.4, 0.5) is 4.79 Å². The Morgan fingerprint density at radius 1 is 1.46 bits per heavy atom. The van der Waals surface area contributed by atoms with Gasteiger partial charge in [-0.25, -0.2) is 4.79 Å². The highest BCUT2D eigenvalue weighted by molar-refractivity contribution is 6.76. The van der Waals surface area contributed by atoms with Crippen molar-refractivity contribution in [2.75, 3.05) is 0 Å². The van der Waals surface area contributed by atoms with Crippen LogP contribution in [0, 0.1) is 0 Å². The monoisotopic (exact) mass is 201 g/mol. The topological polar surface area (TPSA) is 49.3 Å². The van der Waals surface area contributed by atoms with Crippen molar-refractivity contribution < 1.29 is 9.90 Å². The van der Waals surface area contributed by atoms with Crippen molar-refractivity contribution in [3.8, 4) is 0 Å². The van der Waals surface area contributed by atoms with E-state index in [9.17, 15) is 4.79 Å². The van der Waals surface area contributed by atoms with Crippen LogP contribution in [-0.2, 0) is 0 Å². The molecule has 0 saturated carbocycles. The molecule has 2 N–H and O–H groups in total. The summed E-state index contributed by atoms with van der Waals surface area (Å²) in [5, 5.41) is 10.4. The minimum absolute atomic E-state index is 0.910. The maximum atomic E-state index is 10.0. The van der Waals surface area contributed by atoms with Crippen LogP contribution < -0.4 is 5.32 Å². The summed E-state index contributed by atoms with van der Waals surface area (Å²) in [6, 6.07) is 1.30. The smallest absolute Gasteiger partial charge is 0.408 e. The summed E-state index contributed by atoms with van der Waals surface area (Å²) < 4.78 is 0. The quantitative estimate of drug-likeness (QED) is 0.531. The van der Waals surface area contributed by atoms with Gasteiger partial charge in [-0.05, 0) is 6.42 Å². The van der Waals surface area contributed by atoms with Gasteiger partial charge in [0, 0.05) is 14.3 Å². The van der Waals surface area contributed by atoms with Gasteiger partial charge in [0.2, 0.25) is 0 Å². The lowest BCUT2D eigenvalue weighted by molar-refractivity contribution is 0.198. The fraction of sp³-hybridized carbons (Fsp3) is 0.667. The fourth-order valence-electron chi connectivity index (χ4n) is 0.964. The third-order valence-electron chi connectivity index (χ3n) is 1.62. The summed E-state index contributed by atoms with van der Waals surface area (Å²) in [4.78, 5) is 10.0. The standard InChI is InChI=1S/C9H19NO2Si/c1-13(2,3)8-6-4-5-7-10-9(11)12/h5,7,10H,4,6,8H2,1-3H3,(H,11,12). The molecule has 0 saturated heterocycles. The molecule has 1 amide bonds. The van der Waals surface area contributed by atoms with Gasteiger partial charge in [-0.1, -0.05) is 38.2 Å². The highest BCUT2D eigenvalue weighted by Crippen LogP contribution is 2.12. The molecule has 0 bridgehead atoms. The predicted molar refractivity (Wildman–Crippen MR) is 57.7 cm³/mol. The van der Waals surface area contributed by atoms with Gasteiger partial charge < -0.3 is 5.11 Å². The Labute approximate surface area is 80.9 Å². The van der Waals surface area contributed by atoms with E-state index in [-0.39, 0.29) is 0 Å². The third-order valence-corrected chi connectivity index (χ3v) is 3.48. The molecule has 13 heavy (non-hydrogen) atoms. The molecule has 0 spiro atoms. The van der Waals surface area contributed by atoms with Gasteiger partial charge in [-0.3, -0.25) is 5.32 Å². The normalized spacial score (nSPS) is 11.9. The summed E-state index contributed by atoms with van der Waals surface area (Å²) in [6.07, 6.45) is 4.49. The molecule has 0 aromatic rings. The molecular weight excluding hydrogens is 182 g/mol. The van der Waals surface area contributed by atoms with Crippen molar-refractivity contribution in [3.05, 3.63) is 12.3 Å². The van der Waals surface area contributed by atoms with E-state index in [0.29, 0.717) is 0 Å². The summed E-state index contributed by atoms with van der Waals surface area (Å²) >= 11 is 0. The number of rotatable bonds is 5. The van der Waals surface area contributed by atoms with E-state index in [1.807, 2.05) is 6.08 Å². The molecule has 76 valence electrons. The van der Waals surface area contributed by atoms with Gasteiger partial charge in [0.1, 0.15) is 0 Å². The zero-order valence-corrected chi connectivity index (χ0v) is 9.63. The Kier molecular flexibility index (Phi) is 5.46. The summed E-state index contributed by atoms with van der Waals surface area (Å²) in [7, 11) is -0.910. The van der Waals surface area contributed by atoms with E-state index >= 15 is 0 Å². The van der Waals surface area contributed by atoms with Gasteiger partial charge >= 0.3 is 6.09 Å². The minimum atomic E-state index is -0.999. The number of hydrogen-bond acceptors (Lipinski definition) is 1. The Balaban J connectivity index is 3.36. The molecule has 0 heterocycles. The predicted octanol–water partition coefficient (Wildman–Crippen LogP) is 2.89. The second-order valence-corrected chi connectivity index (χ2v) is 9.93. The highest BCUT2D eigenvalue weighted by atomic mass is 28.3. The van der Waals surface area contributed by atoms with Crippen LogP contribution in [0.5, 0.6) is 0 Å². The lowest BCUT2D eigenvalue weighted by Crippen LogP contribution is -2.18. The summed E-state index contributed by atoms with van der Waals surface area (Å²) in [6.45, 7) is 7.02. The molecule has 0 aromatic carbocycles. The third kappa shape index (κ3) is 11.2. The largest absolute Gasteiger partial charge is 0.465 e. The molecule has 0 unspecified atom stereocenters. The average Bonchev–Trinajstić information content (AvgIpc) is 1.93. The van der Waals surface area contributed by atoms with Crippen LogP contribution in [0.25, 0.3) is 0 Å². The van der Waals surface area contributed by atoms with Crippen molar-refractivity contribution in [2.45, 2.75) is 38.5 Å². The van der Waals surface area contributed by atoms with E-state index in [4.69, 9.17) is 5.11 Å². The fourth-order valence-corrected chi connectivity index (χ4v) is 2.23. The first-order valence-corrected chi connectivity index (χ1v) is 8.27. The zero-order valence-electron chi connectivity index (χ0n) is 8.63. The lowest BCUT2D eigenvalue weighted by Gasteiger charge is -2.13. The second-order valence-electron chi connectivity index (χ2n) is 4.30. The van der Waals surface area contributed by atoms with Gasteiger partial charge in [0.15, 0.2) is 0 Å². The van der Waals surface area contributed by atoms with E-state index < -0.39 is 14.2 Å². The maximum Gasteiger partial charge on any atom is 0.408 e. The first-order valence-electron chi connectivity index (χ1n) is 4.56. The van der Waals surface area contributed by atoms with Crippen molar-refractivity contribution in [3.63, 3.8) is 0 Å². The van der Waals surface area contributed by atoms with Gasteiger partial charge in [-0.15, -0.1) is 0 Å². The van der Waals surface area contributed by atoms with Crippen molar-refractivity contribution in [1.29, 1.82) is 0 Å². The summed E-state index contributed by atoms with van der Waals surface area (Å²) in [5.41, 5.74) is 0. The first kappa shape index (κ1) is 12.2. The SMILES string of the molecule is C[Si](C)(C)CCCC=CNC(=O)O. The van der Waals surface area contributed by atoms with Crippen LogP contribution in [0.15, 0.2) is 12.3 Å². The molecular formula is C9H19NO2Si. The molecule has 0 atom stereocenters. The number of hydrogen-bond donors (Lipinski definition) is 2. The molecule has 0 aliphatic rings. The van der Waals surface area contributed by atoms with E-state index in [0.717, 1.165) is 12.8 Å². The maximum absolute atomic E-state index is 10.0. The zero-order chi connectivity index (χ0) is 10.3. The lowest BCUT2D eigenvalue weighted by atomic mass is 10.3. The Bertz CT molecular complexity index is 185. The number of allylic oxidation sites excluding steroid dienone is 1. The highest BCUT2D eigenvalue weighted by Gasteiger charge is 2.10. The molecule has 0 rings (SSSR count). The van der Waals surface area contributed by atoms with Gasteiger partial charge in [0.05, 0.1) is 0 Å². The molecule has 3 nitrogen and oxygen atoms in total. The molecule has 0 aromatic heterocycles. The van der Waals surface area contributed by atoms with Crippen molar-refractivity contribution in [1.82, 2.24) is 5.32 Å². The number of amides is 1. The average molecular weight is 201 g/mol. The molecule has 0 aliphatic heterocycles. The van der Waals surface area contributed by atoms with Crippen LogP contribution in [0.1, 0.15) is 12.8 Å². The summed E-state index contributed by atoms with van der Waals surface area (Å²) in [5.74, 6) is 0. The molecule has 0 radical (unpaired) electrons. The van der Waals surface area contributed by atoms with Gasteiger partial charge in [0.25, 0.3) is 0 Å². The molecule has 0 fully saturated rings. The molecule has 0 aliphatic carbocycles. The van der Waals surface area contributed by atoms with Crippen molar-refractivity contribution in [2.24, 2.45) is 0 Å². The number of nitrogens with one attached hydrogen (secondary N) is 1. The Hall–Kier alpha value is -0.773. The van der Waals surface area contributed by atoms with E-state index in [1.165, 1.54) is 12.2 Å². The number of carboxylic acid groups (broad SMARTS) is 1.